The molecule has 7 heteroatoms. The molecular formula is C19H26N4O3. The molecule has 1 aromatic carbocycles. The molecule has 0 saturated carbocycles. The first kappa shape index (κ1) is 19.7. The van der Waals surface area contributed by atoms with Gasteiger partial charge in [0.1, 0.15) is 17.9 Å². The highest BCUT2D eigenvalue weighted by atomic mass is 16.5. The van der Waals surface area contributed by atoms with Crippen LogP contribution in [0.4, 0.5) is 11.8 Å². The number of aldehydes is 1. The van der Waals surface area contributed by atoms with E-state index in [4.69, 9.17) is 10.5 Å². The summed E-state index contributed by atoms with van der Waals surface area (Å²) in [5, 5.41) is 12.9. The second-order valence-electron chi connectivity index (χ2n) is 6.17. The number of anilines is 2. The van der Waals surface area contributed by atoms with Crippen molar-refractivity contribution in [1.82, 2.24) is 9.97 Å². The first-order chi connectivity index (χ1) is 12.5. The summed E-state index contributed by atoms with van der Waals surface area (Å²) in [6, 6.07) is 5.21. The summed E-state index contributed by atoms with van der Waals surface area (Å²) in [6.45, 7) is 3.94. The number of rotatable bonds is 9. The Kier molecular flexibility index (Phi) is 6.91. The van der Waals surface area contributed by atoms with Crippen molar-refractivity contribution in [3.05, 3.63) is 40.6 Å². The van der Waals surface area contributed by atoms with Gasteiger partial charge in [0.05, 0.1) is 19.8 Å². The fourth-order valence-electron chi connectivity index (χ4n) is 2.87. The van der Waals surface area contributed by atoms with E-state index in [-0.39, 0.29) is 18.6 Å². The zero-order chi connectivity index (χ0) is 19.1. The summed E-state index contributed by atoms with van der Waals surface area (Å²) in [4.78, 5) is 19.6. The molecule has 0 aliphatic carbocycles. The third kappa shape index (κ3) is 4.70. The first-order valence-corrected chi connectivity index (χ1v) is 8.64. The van der Waals surface area contributed by atoms with Crippen LogP contribution in [0.2, 0.25) is 0 Å². The van der Waals surface area contributed by atoms with Gasteiger partial charge in [-0.25, -0.2) is 4.98 Å². The van der Waals surface area contributed by atoms with Gasteiger partial charge in [-0.15, -0.1) is 0 Å². The average Bonchev–Trinajstić information content (AvgIpc) is 2.64. The number of nitrogens with two attached hydrogens (primary N) is 1. The highest BCUT2D eigenvalue weighted by Crippen LogP contribution is 2.27. The van der Waals surface area contributed by atoms with E-state index in [9.17, 15) is 9.90 Å². The third-order valence-corrected chi connectivity index (χ3v) is 4.24. The summed E-state index contributed by atoms with van der Waals surface area (Å²) >= 11 is 0. The molecule has 2 aromatic rings. The van der Waals surface area contributed by atoms with E-state index >= 15 is 0 Å². The molecule has 4 N–H and O–H groups in total. The van der Waals surface area contributed by atoms with Gasteiger partial charge >= 0.3 is 0 Å². The quantitative estimate of drug-likeness (QED) is 0.590. The highest BCUT2D eigenvalue weighted by Gasteiger charge is 2.17. The summed E-state index contributed by atoms with van der Waals surface area (Å²) < 4.78 is 5.42. The molecule has 1 atom stereocenters. The van der Waals surface area contributed by atoms with Gasteiger partial charge in [-0.1, -0.05) is 25.5 Å². The Balaban J connectivity index is 2.41. The van der Waals surface area contributed by atoms with Crippen LogP contribution in [0.25, 0.3) is 0 Å². The maximum Gasteiger partial charge on any atom is 0.222 e. The Bertz CT molecular complexity index is 765. The van der Waals surface area contributed by atoms with Crippen LogP contribution in [0.1, 0.15) is 46.9 Å². The number of nitrogens with one attached hydrogen (secondary N) is 1. The van der Waals surface area contributed by atoms with Gasteiger partial charge in [-0.2, -0.15) is 4.98 Å². The molecular weight excluding hydrogens is 332 g/mol. The lowest BCUT2D eigenvalue weighted by Gasteiger charge is -2.20. The number of methoxy groups -OCH3 is 1. The number of carbonyl (C=O) groups excluding carboxylic acids is 1. The SMILES string of the molecule is CCC[C@@H](CO)Nc1nc(N)nc(C)c1Cc1ccc(C=O)cc1OC. The van der Waals surface area contributed by atoms with E-state index in [1.165, 1.54) is 0 Å². The van der Waals surface area contributed by atoms with Gasteiger partial charge in [-0.3, -0.25) is 4.79 Å². The lowest BCUT2D eigenvalue weighted by Crippen LogP contribution is -2.25. The topological polar surface area (TPSA) is 110 Å². The van der Waals surface area contributed by atoms with Crippen molar-refractivity contribution in [3.8, 4) is 5.75 Å². The van der Waals surface area contributed by atoms with Crippen LogP contribution >= 0.6 is 0 Å². The van der Waals surface area contributed by atoms with Gasteiger partial charge in [0.25, 0.3) is 0 Å². The standard InChI is InChI=1S/C19H26N4O3/c1-4-5-15(11-25)22-18-16(12(2)21-19(20)23-18)9-14-7-6-13(10-24)8-17(14)26-3/h6-8,10,15,25H,4-5,9,11H2,1-3H3,(H3,20,21,22,23)/t15-/m0/s1. The van der Waals surface area contributed by atoms with Crippen molar-refractivity contribution in [2.45, 2.75) is 39.2 Å². The van der Waals surface area contributed by atoms with E-state index in [0.717, 1.165) is 35.9 Å². The lowest BCUT2D eigenvalue weighted by molar-refractivity contribution is 0.112. The predicted molar refractivity (Wildman–Crippen MR) is 102 cm³/mol. The van der Waals surface area contributed by atoms with Crippen molar-refractivity contribution >= 4 is 18.1 Å². The third-order valence-electron chi connectivity index (χ3n) is 4.24. The van der Waals surface area contributed by atoms with E-state index in [0.29, 0.717) is 23.6 Å². The molecule has 7 nitrogen and oxygen atoms in total. The maximum atomic E-state index is 11.0. The molecule has 0 aliphatic heterocycles. The van der Waals surface area contributed by atoms with Gasteiger partial charge in [0.2, 0.25) is 5.95 Å². The second kappa shape index (κ2) is 9.15. The van der Waals surface area contributed by atoms with Gasteiger partial charge < -0.3 is 20.9 Å². The van der Waals surface area contributed by atoms with Crippen molar-refractivity contribution in [2.75, 3.05) is 24.8 Å². The maximum absolute atomic E-state index is 11.0. The van der Waals surface area contributed by atoms with Gasteiger partial charge in [0, 0.05) is 23.2 Å². The minimum absolute atomic E-state index is 0.00753. The number of benzene rings is 1. The molecule has 140 valence electrons. The van der Waals surface area contributed by atoms with Gasteiger partial charge in [-0.05, 0) is 25.0 Å². The Morgan fingerprint density at radius 1 is 1.38 bits per heavy atom. The van der Waals surface area contributed by atoms with Gasteiger partial charge in [0.15, 0.2) is 0 Å². The molecule has 0 aliphatic rings. The van der Waals surface area contributed by atoms with Crippen molar-refractivity contribution in [3.63, 3.8) is 0 Å². The number of nitrogen functional groups attached to an aromatic ring is 1. The van der Waals surface area contributed by atoms with E-state index < -0.39 is 0 Å². The van der Waals surface area contributed by atoms with Crippen LogP contribution in [-0.2, 0) is 6.42 Å². The molecule has 0 amide bonds. The monoisotopic (exact) mass is 358 g/mol. The van der Waals surface area contributed by atoms with Crippen molar-refractivity contribution in [2.24, 2.45) is 0 Å². The number of nitrogens with zero attached hydrogens (tertiary/aromatic N) is 2. The van der Waals surface area contributed by atoms with Crippen LogP contribution in [0.15, 0.2) is 18.2 Å². The number of aromatic nitrogens is 2. The number of ether oxygens (including phenoxy) is 1. The van der Waals surface area contributed by atoms with E-state index in [1.54, 1.807) is 19.2 Å². The second-order valence-corrected chi connectivity index (χ2v) is 6.17. The number of aliphatic hydroxyl groups is 1. The number of carbonyl (C=O) groups is 1. The minimum Gasteiger partial charge on any atom is -0.496 e. The molecule has 0 radical (unpaired) electrons. The summed E-state index contributed by atoms with van der Waals surface area (Å²) in [5.41, 5.74) is 8.92. The molecule has 0 bridgehead atoms. The summed E-state index contributed by atoms with van der Waals surface area (Å²) in [7, 11) is 1.57. The van der Waals surface area contributed by atoms with Crippen LogP contribution in [0.5, 0.6) is 5.75 Å². The lowest BCUT2D eigenvalue weighted by atomic mass is 10.0. The van der Waals surface area contributed by atoms with Crippen LogP contribution in [-0.4, -0.2) is 41.1 Å². The number of aryl methyl sites for hydroxylation is 1. The van der Waals surface area contributed by atoms with Crippen molar-refractivity contribution < 1.29 is 14.6 Å². The van der Waals surface area contributed by atoms with E-state index in [2.05, 4.69) is 22.2 Å². The molecule has 1 aromatic heterocycles. The molecule has 0 unspecified atom stereocenters. The largest absolute Gasteiger partial charge is 0.496 e. The summed E-state index contributed by atoms with van der Waals surface area (Å²) in [6.07, 6.45) is 3.05. The minimum atomic E-state index is -0.105. The first-order valence-electron chi connectivity index (χ1n) is 8.64. The zero-order valence-electron chi connectivity index (χ0n) is 15.5. The Morgan fingerprint density at radius 2 is 2.15 bits per heavy atom. The molecule has 1 heterocycles. The number of aliphatic hydroxyl groups excluding tert-OH is 1. The molecule has 0 saturated heterocycles. The normalized spacial score (nSPS) is 11.8. The van der Waals surface area contributed by atoms with Crippen LogP contribution in [0, 0.1) is 6.92 Å². The predicted octanol–water partition coefficient (Wildman–Crippen LogP) is 2.35. The fourth-order valence-corrected chi connectivity index (χ4v) is 2.87. The zero-order valence-corrected chi connectivity index (χ0v) is 15.5. The highest BCUT2D eigenvalue weighted by molar-refractivity contribution is 5.76. The molecule has 2 rings (SSSR count). The van der Waals surface area contributed by atoms with Crippen molar-refractivity contribution in [1.29, 1.82) is 0 Å². The molecule has 26 heavy (non-hydrogen) atoms. The number of hydrogen-bond acceptors (Lipinski definition) is 7. The van der Waals surface area contributed by atoms with Crippen LogP contribution in [0.3, 0.4) is 0 Å². The Hall–Kier alpha value is -2.67. The molecule has 0 spiro atoms. The Morgan fingerprint density at radius 3 is 2.77 bits per heavy atom. The fraction of sp³-hybridized carbons (Fsp3) is 0.421. The molecule has 0 fully saturated rings. The smallest absolute Gasteiger partial charge is 0.222 e. The summed E-state index contributed by atoms with van der Waals surface area (Å²) in [5.74, 6) is 1.43. The Labute approximate surface area is 153 Å². The van der Waals surface area contributed by atoms with E-state index in [1.807, 2.05) is 13.0 Å². The van der Waals surface area contributed by atoms with Crippen LogP contribution < -0.4 is 15.8 Å². The number of hydrogen-bond donors (Lipinski definition) is 3. The average molecular weight is 358 g/mol.